The molecule has 0 aliphatic heterocycles. The van der Waals surface area contributed by atoms with Gasteiger partial charge in [0.25, 0.3) is 0 Å². The van der Waals surface area contributed by atoms with Gasteiger partial charge in [-0.15, -0.1) is 11.3 Å². The summed E-state index contributed by atoms with van der Waals surface area (Å²) in [7, 11) is 0. The minimum Gasteiger partial charge on any atom is -0.478 e. The number of carboxylic acid groups (broad SMARTS) is 1. The van der Waals surface area contributed by atoms with E-state index in [0.29, 0.717) is 10.9 Å². The molecule has 0 saturated carbocycles. The number of nitriles is 1. The summed E-state index contributed by atoms with van der Waals surface area (Å²) in [4.78, 5) is 10.9. The van der Waals surface area contributed by atoms with Crippen molar-refractivity contribution < 1.29 is 9.90 Å². The second kappa shape index (κ2) is 3.37. The summed E-state index contributed by atoms with van der Waals surface area (Å²) in [5, 5.41) is 20.0. The molecule has 0 unspecified atom stereocenters. The zero-order valence-electron chi connectivity index (χ0n) is 7.94. The van der Waals surface area contributed by atoms with Crippen molar-refractivity contribution in [2.24, 2.45) is 0 Å². The van der Waals surface area contributed by atoms with Gasteiger partial charge in [0.05, 0.1) is 17.2 Å². The molecule has 2 aromatic rings. The number of hydrogen-bond donors (Lipinski definition) is 1. The fraction of sp³-hybridized carbons (Fsp3) is 0.0909. The lowest BCUT2D eigenvalue weighted by atomic mass is 10.0. The molecule has 0 radical (unpaired) electrons. The number of carboxylic acids is 1. The van der Waals surface area contributed by atoms with Crippen molar-refractivity contribution in [2.75, 3.05) is 0 Å². The molecule has 1 aromatic heterocycles. The van der Waals surface area contributed by atoms with Gasteiger partial charge in [0.2, 0.25) is 0 Å². The maximum absolute atomic E-state index is 10.9. The van der Waals surface area contributed by atoms with E-state index >= 15 is 0 Å². The normalized spacial score (nSPS) is 10.1. The summed E-state index contributed by atoms with van der Waals surface area (Å²) in [5.41, 5.74) is 1.62. The monoisotopic (exact) mass is 217 g/mol. The first-order valence-electron chi connectivity index (χ1n) is 4.28. The molecule has 0 aliphatic rings. The van der Waals surface area contributed by atoms with E-state index in [2.05, 4.69) is 0 Å². The Kier molecular flexibility index (Phi) is 2.18. The maximum Gasteiger partial charge on any atom is 0.337 e. The number of aromatic carboxylic acids is 1. The molecule has 0 atom stereocenters. The van der Waals surface area contributed by atoms with Crippen LogP contribution in [0.15, 0.2) is 17.5 Å². The molecule has 0 aliphatic carbocycles. The van der Waals surface area contributed by atoms with E-state index in [1.165, 1.54) is 11.3 Å². The minimum absolute atomic E-state index is 0.214. The highest BCUT2D eigenvalue weighted by Crippen LogP contribution is 2.30. The van der Waals surface area contributed by atoms with E-state index in [9.17, 15) is 4.79 Å². The van der Waals surface area contributed by atoms with E-state index < -0.39 is 5.97 Å². The second-order valence-electron chi connectivity index (χ2n) is 3.25. The third-order valence-corrected chi connectivity index (χ3v) is 3.10. The third kappa shape index (κ3) is 1.47. The fourth-order valence-electron chi connectivity index (χ4n) is 1.55. The number of fused-ring (bicyclic) bond motifs is 1. The van der Waals surface area contributed by atoms with Crippen LogP contribution in [0.1, 0.15) is 21.5 Å². The van der Waals surface area contributed by atoms with Crippen LogP contribution in [0.5, 0.6) is 0 Å². The number of rotatable bonds is 1. The molecule has 74 valence electrons. The molecule has 0 bridgehead atoms. The van der Waals surface area contributed by atoms with E-state index in [0.717, 1.165) is 10.3 Å². The first kappa shape index (κ1) is 9.69. The van der Waals surface area contributed by atoms with E-state index in [-0.39, 0.29) is 5.56 Å². The van der Waals surface area contributed by atoms with E-state index in [1.54, 1.807) is 11.4 Å². The molecule has 0 spiro atoms. The van der Waals surface area contributed by atoms with Crippen LogP contribution in [-0.2, 0) is 0 Å². The number of benzene rings is 1. The van der Waals surface area contributed by atoms with Gasteiger partial charge in [0, 0.05) is 15.5 Å². The molecule has 0 amide bonds. The zero-order chi connectivity index (χ0) is 11.0. The molecule has 0 saturated heterocycles. The van der Waals surface area contributed by atoms with Gasteiger partial charge < -0.3 is 5.11 Å². The van der Waals surface area contributed by atoms with Crippen LogP contribution in [0.2, 0.25) is 0 Å². The van der Waals surface area contributed by atoms with Crippen LogP contribution in [0.3, 0.4) is 0 Å². The van der Waals surface area contributed by atoms with Crippen LogP contribution in [0.25, 0.3) is 10.1 Å². The highest BCUT2D eigenvalue weighted by atomic mass is 32.1. The number of carbonyl (C=O) groups is 1. The average molecular weight is 217 g/mol. The second-order valence-corrected chi connectivity index (χ2v) is 4.16. The molecule has 1 aromatic carbocycles. The Morgan fingerprint density at radius 2 is 2.27 bits per heavy atom. The summed E-state index contributed by atoms with van der Waals surface area (Å²) < 4.78 is 0.851. The van der Waals surface area contributed by atoms with E-state index in [1.807, 2.05) is 19.1 Å². The van der Waals surface area contributed by atoms with Crippen LogP contribution < -0.4 is 0 Å². The summed E-state index contributed by atoms with van der Waals surface area (Å²) >= 11 is 1.35. The number of nitrogens with zero attached hydrogens (tertiary/aromatic N) is 1. The molecule has 2 rings (SSSR count). The predicted molar refractivity (Wildman–Crippen MR) is 58.2 cm³/mol. The number of aryl methyl sites for hydroxylation is 1. The van der Waals surface area contributed by atoms with Gasteiger partial charge >= 0.3 is 5.97 Å². The Labute approximate surface area is 90.2 Å². The van der Waals surface area contributed by atoms with Crippen molar-refractivity contribution in [1.82, 2.24) is 0 Å². The molecule has 1 N–H and O–H groups in total. The first-order valence-corrected chi connectivity index (χ1v) is 5.16. The lowest BCUT2D eigenvalue weighted by Gasteiger charge is -1.98. The van der Waals surface area contributed by atoms with Crippen molar-refractivity contribution in [2.45, 2.75) is 6.92 Å². The van der Waals surface area contributed by atoms with Crippen molar-refractivity contribution in [1.29, 1.82) is 5.26 Å². The van der Waals surface area contributed by atoms with E-state index in [4.69, 9.17) is 10.4 Å². The molecular formula is C11H7NO2S. The smallest absolute Gasteiger partial charge is 0.337 e. The van der Waals surface area contributed by atoms with Crippen molar-refractivity contribution in [3.63, 3.8) is 0 Å². The molecule has 1 heterocycles. The summed E-state index contributed by atoms with van der Waals surface area (Å²) in [6.07, 6.45) is 0. The minimum atomic E-state index is -0.985. The van der Waals surface area contributed by atoms with Gasteiger partial charge in [-0.3, -0.25) is 0 Å². The summed E-state index contributed by atoms with van der Waals surface area (Å²) in [6.45, 7) is 1.89. The molecule has 3 nitrogen and oxygen atoms in total. The van der Waals surface area contributed by atoms with Crippen LogP contribution in [0.4, 0.5) is 0 Å². The largest absolute Gasteiger partial charge is 0.478 e. The molecule has 0 fully saturated rings. The predicted octanol–water partition coefficient (Wildman–Crippen LogP) is 2.78. The number of thiophene rings is 1. The Morgan fingerprint density at radius 3 is 2.87 bits per heavy atom. The first-order chi connectivity index (χ1) is 7.13. The van der Waals surface area contributed by atoms with Gasteiger partial charge in [-0.05, 0) is 24.6 Å². The molecule has 15 heavy (non-hydrogen) atoms. The lowest BCUT2D eigenvalue weighted by Crippen LogP contribution is -1.95. The standard InChI is InChI=1S/C11H7NO2S/c1-6-2-7(4-12)10-8(11(13)14)5-15-9(10)3-6/h2-3,5H,1H3,(H,13,14). The van der Waals surface area contributed by atoms with Crippen molar-refractivity contribution in [3.05, 3.63) is 34.2 Å². The van der Waals surface area contributed by atoms with Crippen LogP contribution in [0, 0.1) is 18.3 Å². The molecular weight excluding hydrogens is 210 g/mol. The quantitative estimate of drug-likeness (QED) is 0.798. The van der Waals surface area contributed by atoms with Gasteiger partial charge in [0.15, 0.2) is 0 Å². The van der Waals surface area contributed by atoms with Gasteiger partial charge in [0.1, 0.15) is 0 Å². The topological polar surface area (TPSA) is 61.1 Å². The Hall–Kier alpha value is -1.86. The Bertz CT molecular complexity index is 592. The average Bonchev–Trinajstić information content (AvgIpc) is 2.59. The Morgan fingerprint density at radius 1 is 1.53 bits per heavy atom. The maximum atomic E-state index is 10.9. The Balaban J connectivity index is 2.91. The lowest BCUT2D eigenvalue weighted by molar-refractivity contribution is 0.0699. The van der Waals surface area contributed by atoms with Crippen molar-refractivity contribution >= 4 is 27.4 Å². The molecule has 4 heteroatoms. The summed E-state index contributed by atoms with van der Waals surface area (Å²) in [6, 6.07) is 5.64. The third-order valence-electron chi connectivity index (χ3n) is 2.17. The zero-order valence-corrected chi connectivity index (χ0v) is 8.76. The van der Waals surface area contributed by atoms with Gasteiger partial charge in [-0.2, -0.15) is 5.26 Å². The highest BCUT2D eigenvalue weighted by molar-refractivity contribution is 7.17. The SMILES string of the molecule is Cc1cc(C#N)c2c(C(=O)O)csc2c1. The fourth-order valence-corrected chi connectivity index (χ4v) is 2.61. The van der Waals surface area contributed by atoms with Crippen molar-refractivity contribution in [3.8, 4) is 6.07 Å². The van der Waals surface area contributed by atoms with Crippen LogP contribution in [-0.4, -0.2) is 11.1 Å². The summed E-state index contributed by atoms with van der Waals surface area (Å²) in [5.74, 6) is -0.985. The number of hydrogen-bond acceptors (Lipinski definition) is 3. The van der Waals surface area contributed by atoms with Gasteiger partial charge in [-0.25, -0.2) is 4.79 Å². The highest BCUT2D eigenvalue weighted by Gasteiger charge is 2.14. The van der Waals surface area contributed by atoms with Crippen LogP contribution >= 0.6 is 11.3 Å². The van der Waals surface area contributed by atoms with Gasteiger partial charge in [-0.1, -0.05) is 0 Å².